The Morgan fingerprint density at radius 2 is 1.88 bits per heavy atom. The molecule has 4 nitrogen and oxygen atoms in total. The molecule has 84 valence electrons. The number of nitrogens with two attached hydrogens (primary N) is 1. The Bertz CT molecular complexity index is 531. The first-order chi connectivity index (χ1) is 7.45. The van der Waals surface area contributed by atoms with Gasteiger partial charge >= 0.3 is 5.97 Å². The van der Waals surface area contributed by atoms with Crippen molar-refractivity contribution in [2.24, 2.45) is 10.7 Å². The van der Waals surface area contributed by atoms with Gasteiger partial charge in [0.2, 0.25) is 0 Å². The average Bonchev–Trinajstić information content (AvgIpc) is 2.58. The maximum atomic E-state index is 11.3. The van der Waals surface area contributed by atoms with Crippen molar-refractivity contribution >= 4 is 11.8 Å². The highest BCUT2D eigenvalue weighted by Gasteiger charge is 2.26. The molecule has 1 aliphatic heterocycles. The molecule has 2 rings (SSSR count). The maximum Gasteiger partial charge on any atom is 0.336 e. The molecule has 3 N–H and O–H groups in total. The van der Waals surface area contributed by atoms with Crippen LogP contribution in [0, 0.1) is 20.8 Å². The fourth-order valence-corrected chi connectivity index (χ4v) is 2.21. The number of benzene rings is 1. The summed E-state index contributed by atoms with van der Waals surface area (Å²) in [6.45, 7) is 6.24. The van der Waals surface area contributed by atoms with Crippen LogP contribution >= 0.6 is 0 Å². The minimum Gasteiger partial charge on any atom is -0.478 e. The zero-order valence-corrected chi connectivity index (χ0v) is 9.59. The van der Waals surface area contributed by atoms with Gasteiger partial charge in [0, 0.05) is 5.56 Å². The number of hydrogen-bond acceptors (Lipinski definition) is 3. The number of hydrogen-bond donors (Lipinski definition) is 2. The van der Waals surface area contributed by atoms with E-state index in [1.54, 1.807) is 0 Å². The van der Waals surface area contributed by atoms with E-state index in [2.05, 4.69) is 4.99 Å². The molecule has 0 amide bonds. The molecule has 0 saturated carbocycles. The monoisotopic (exact) mass is 218 g/mol. The first-order valence-corrected chi connectivity index (χ1v) is 5.11. The Balaban J connectivity index is 2.89. The molecule has 0 bridgehead atoms. The number of fused-ring (bicyclic) bond motifs is 1. The molecule has 0 aromatic heterocycles. The Kier molecular flexibility index (Phi) is 2.22. The second-order valence-corrected chi connectivity index (χ2v) is 4.11. The second kappa shape index (κ2) is 3.33. The van der Waals surface area contributed by atoms with E-state index in [9.17, 15) is 9.90 Å². The van der Waals surface area contributed by atoms with Crippen molar-refractivity contribution < 1.29 is 9.90 Å². The van der Waals surface area contributed by atoms with Crippen molar-refractivity contribution in [3.05, 3.63) is 33.4 Å². The summed E-state index contributed by atoms with van der Waals surface area (Å²) in [4.78, 5) is 15.4. The molecule has 1 heterocycles. The number of aliphatic imine (C=N–C) groups is 1. The largest absolute Gasteiger partial charge is 0.478 e. The summed E-state index contributed by atoms with van der Waals surface area (Å²) in [5, 5.41) is 9.25. The van der Waals surface area contributed by atoms with E-state index in [1.807, 2.05) is 20.8 Å². The highest BCUT2D eigenvalue weighted by molar-refractivity contribution is 6.10. The Morgan fingerprint density at radius 1 is 1.25 bits per heavy atom. The summed E-state index contributed by atoms with van der Waals surface area (Å²) < 4.78 is 0. The normalized spacial score (nSPS) is 13.6. The van der Waals surface area contributed by atoms with Gasteiger partial charge in [-0.3, -0.25) is 4.99 Å². The molecule has 0 fully saturated rings. The first-order valence-electron chi connectivity index (χ1n) is 5.11. The minimum atomic E-state index is -0.933. The highest BCUT2D eigenvalue weighted by Crippen LogP contribution is 2.30. The molecule has 0 radical (unpaired) electrons. The standard InChI is InChI=1S/C12H14N2O2/c1-5-6(2)8-4-14-11(13)10(8)9(7(5)3)12(15)16/h4H2,1-3H3,(H2,13,14)(H,15,16). The van der Waals surface area contributed by atoms with Gasteiger partial charge in [0.05, 0.1) is 12.1 Å². The number of rotatable bonds is 1. The van der Waals surface area contributed by atoms with Gasteiger partial charge in [0.15, 0.2) is 0 Å². The van der Waals surface area contributed by atoms with Crippen molar-refractivity contribution in [2.75, 3.05) is 0 Å². The summed E-state index contributed by atoms with van der Waals surface area (Å²) in [7, 11) is 0. The number of carbonyl (C=O) groups is 1. The lowest BCUT2D eigenvalue weighted by Gasteiger charge is -2.15. The summed E-state index contributed by atoms with van der Waals surface area (Å²) >= 11 is 0. The second-order valence-electron chi connectivity index (χ2n) is 4.11. The van der Waals surface area contributed by atoms with Gasteiger partial charge in [0.25, 0.3) is 0 Å². The van der Waals surface area contributed by atoms with E-state index >= 15 is 0 Å². The van der Waals surface area contributed by atoms with Gasteiger partial charge in [-0.2, -0.15) is 0 Å². The number of nitrogens with zero attached hydrogens (tertiary/aromatic N) is 1. The summed E-state index contributed by atoms with van der Waals surface area (Å²) in [6, 6.07) is 0. The van der Waals surface area contributed by atoms with E-state index in [1.165, 1.54) is 0 Å². The molecule has 0 aliphatic carbocycles. The van der Waals surface area contributed by atoms with Crippen LogP contribution in [0.4, 0.5) is 0 Å². The van der Waals surface area contributed by atoms with E-state index in [4.69, 9.17) is 5.73 Å². The van der Waals surface area contributed by atoms with Crippen LogP contribution in [0.15, 0.2) is 4.99 Å². The fourth-order valence-electron chi connectivity index (χ4n) is 2.21. The molecule has 16 heavy (non-hydrogen) atoms. The van der Waals surface area contributed by atoms with E-state index in [0.29, 0.717) is 23.5 Å². The number of carboxylic acid groups (broad SMARTS) is 1. The van der Waals surface area contributed by atoms with Gasteiger partial charge in [-0.05, 0) is 43.0 Å². The van der Waals surface area contributed by atoms with Crippen molar-refractivity contribution in [2.45, 2.75) is 27.3 Å². The topological polar surface area (TPSA) is 75.7 Å². The van der Waals surface area contributed by atoms with Gasteiger partial charge in [0.1, 0.15) is 5.84 Å². The van der Waals surface area contributed by atoms with Gasteiger partial charge in [-0.1, -0.05) is 0 Å². The lowest BCUT2D eigenvalue weighted by atomic mass is 9.89. The van der Waals surface area contributed by atoms with Crippen LogP contribution in [0.2, 0.25) is 0 Å². The minimum absolute atomic E-state index is 0.303. The smallest absolute Gasteiger partial charge is 0.336 e. The van der Waals surface area contributed by atoms with Crippen LogP contribution in [0.25, 0.3) is 0 Å². The number of carboxylic acids is 1. The zero-order chi connectivity index (χ0) is 12.0. The molecule has 0 saturated heterocycles. The lowest BCUT2D eigenvalue weighted by molar-refractivity contribution is 0.0695. The molecular weight excluding hydrogens is 204 g/mol. The van der Waals surface area contributed by atoms with Crippen molar-refractivity contribution in [3.8, 4) is 0 Å². The molecule has 1 aliphatic rings. The van der Waals surface area contributed by atoms with Gasteiger partial charge in [-0.25, -0.2) is 4.79 Å². The van der Waals surface area contributed by atoms with Crippen LogP contribution in [-0.4, -0.2) is 16.9 Å². The molecule has 0 spiro atoms. The predicted molar refractivity (Wildman–Crippen MR) is 62.0 cm³/mol. The third-order valence-electron chi connectivity index (χ3n) is 3.38. The Labute approximate surface area is 93.8 Å². The summed E-state index contributed by atoms with van der Waals surface area (Å²) in [5.74, 6) is -0.587. The molecule has 0 atom stereocenters. The van der Waals surface area contributed by atoms with Crippen LogP contribution < -0.4 is 5.73 Å². The summed E-state index contributed by atoms with van der Waals surface area (Å²) in [5.41, 5.74) is 10.5. The Hall–Kier alpha value is -1.84. The van der Waals surface area contributed by atoms with Crippen molar-refractivity contribution in [3.63, 3.8) is 0 Å². The third kappa shape index (κ3) is 1.23. The van der Waals surface area contributed by atoms with Crippen LogP contribution in [0.5, 0.6) is 0 Å². The highest BCUT2D eigenvalue weighted by atomic mass is 16.4. The molecule has 1 aromatic carbocycles. The molecular formula is C12H14N2O2. The molecule has 1 aromatic rings. The van der Waals surface area contributed by atoms with E-state index in [0.717, 1.165) is 22.3 Å². The van der Waals surface area contributed by atoms with Crippen LogP contribution in [0.3, 0.4) is 0 Å². The maximum absolute atomic E-state index is 11.3. The average molecular weight is 218 g/mol. The Morgan fingerprint density at radius 3 is 2.44 bits per heavy atom. The van der Waals surface area contributed by atoms with Crippen molar-refractivity contribution in [1.82, 2.24) is 0 Å². The SMILES string of the molecule is Cc1c(C)c2c(c(C(=O)O)c1C)C(N)=NC2. The third-order valence-corrected chi connectivity index (χ3v) is 3.38. The van der Waals surface area contributed by atoms with Gasteiger partial charge < -0.3 is 10.8 Å². The van der Waals surface area contributed by atoms with E-state index < -0.39 is 5.97 Å². The van der Waals surface area contributed by atoms with Crippen LogP contribution in [-0.2, 0) is 6.54 Å². The van der Waals surface area contributed by atoms with Gasteiger partial charge in [-0.15, -0.1) is 0 Å². The number of amidine groups is 1. The van der Waals surface area contributed by atoms with Crippen molar-refractivity contribution in [1.29, 1.82) is 0 Å². The zero-order valence-electron chi connectivity index (χ0n) is 9.59. The van der Waals surface area contributed by atoms with Crippen LogP contribution in [0.1, 0.15) is 38.2 Å². The van der Waals surface area contributed by atoms with E-state index in [-0.39, 0.29) is 0 Å². The molecule has 4 heteroatoms. The first kappa shape index (κ1) is 10.7. The molecule has 0 unspecified atom stereocenters. The predicted octanol–water partition coefficient (Wildman–Crippen LogP) is 1.53. The lowest BCUT2D eigenvalue weighted by Crippen LogP contribution is -2.18. The fraction of sp³-hybridized carbons (Fsp3) is 0.333. The summed E-state index contributed by atoms with van der Waals surface area (Å²) in [6.07, 6.45) is 0. The quantitative estimate of drug-likeness (QED) is 0.750. The number of aromatic carboxylic acids is 1.